The summed E-state index contributed by atoms with van der Waals surface area (Å²) in [4.78, 5) is 13.4. The van der Waals surface area contributed by atoms with E-state index in [4.69, 9.17) is 9.47 Å². The van der Waals surface area contributed by atoms with Crippen LogP contribution in [0.2, 0.25) is 0 Å². The normalized spacial score (nSPS) is 15.1. The van der Waals surface area contributed by atoms with E-state index in [9.17, 15) is 8.42 Å². The van der Waals surface area contributed by atoms with E-state index < -0.39 is 9.84 Å². The molecule has 1 N–H and O–H groups in total. The Balaban J connectivity index is 1.61. The van der Waals surface area contributed by atoms with E-state index in [-0.39, 0.29) is 18.1 Å². The van der Waals surface area contributed by atoms with E-state index in [1.54, 1.807) is 24.5 Å². The van der Waals surface area contributed by atoms with Crippen molar-refractivity contribution in [3.63, 3.8) is 0 Å². The summed E-state index contributed by atoms with van der Waals surface area (Å²) in [7, 11) is -1.07. The first-order chi connectivity index (χ1) is 16.9. The van der Waals surface area contributed by atoms with Crippen molar-refractivity contribution in [2.75, 3.05) is 43.6 Å². The van der Waals surface area contributed by atoms with Gasteiger partial charge in [-0.1, -0.05) is 19.1 Å². The van der Waals surface area contributed by atoms with Gasteiger partial charge < -0.3 is 14.8 Å². The fourth-order valence-corrected chi connectivity index (χ4v) is 5.07. The zero-order valence-electron chi connectivity index (χ0n) is 19.9. The minimum Gasteiger partial charge on any atom is -0.492 e. The molecule has 1 aromatic carbocycles. The molecule has 0 saturated heterocycles. The van der Waals surface area contributed by atoms with Crippen LogP contribution in [0.5, 0.6) is 5.75 Å². The summed E-state index contributed by atoms with van der Waals surface area (Å²) in [6.45, 7) is 4.21. The molecule has 1 aliphatic rings. The molecule has 3 heterocycles. The average molecular weight is 515 g/mol. The number of nitrogens with zero attached hydrogens (tertiary/aromatic N) is 3. The third kappa shape index (κ3) is 7.35. The van der Waals surface area contributed by atoms with Gasteiger partial charge in [-0.25, -0.2) is 18.4 Å². The summed E-state index contributed by atoms with van der Waals surface area (Å²) < 4.78 is 35.4. The molecule has 8 nitrogen and oxygen atoms in total. The lowest BCUT2D eigenvalue weighted by molar-refractivity contribution is 0.151. The summed E-state index contributed by atoms with van der Waals surface area (Å²) in [6, 6.07) is 11.8. The molecular formula is C25H30N4O4S2. The first-order valence-corrected chi connectivity index (χ1v) is 14.1. The molecule has 0 atom stereocenters. The zero-order valence-corrected chi connectivity index (χ0v) is 21.6. The lowest BCUT2D eigenvalue weighted by atomic mass is 10.1. The summed E-state index contributed by atoms with van der Waals surface area (Å²) in [5.41, 5.74) is 2.61. The summed E-state index contributed by atoms with van der Waals surface area (Å²) in [6.07, 6.45) is 5.85. The largest absolute Gasteiger partial charge is 0.492 e. The highest BCUT2D eigenvalue weighted by Gasteiger charge is 2.13. The van der Waals surface area contributed by atoms with Gasteiger partial charge in [0.25, 0.3) is 0 Å². The van der Waals surface area contributed by atoms with E-state index in [0.29, 0.717) is 31.5 Å². The minimum absolute atomic E-state index is 0.00736. The second-order valence-electron chi connectivity index (χ2n) is 8.25. The molecule has 3 aromatic rings. The molecule has 35 heavy (non-hydrogen) atoms. The second-order valence-corrected chi connectivity index (χ2v) is 11.9. The fraction of sp³-hybridized carbons (Fsp3) is 0.360. The molecule has 0 saturated carbocycles. The Labute approximate surface area is 210 Å². The van der Waals surface area contributed by atoms with Gasteiger partial charge in [-0.05, 0) is 43.4 Å². The van der Waals surface area contributed by atoms with Crippen LogP contribution >= 0.6 is 11.3 Å². The Morgan fingerprint density at radius 3 is 2.94 bits per heavy atom. The smallest absolute Gasteiger partial charge is 0.227 e. The average Bonchev–Trinajstić information content (AvgIpc) is 3.31. The number of anilines is 2. The van der Waals surface area contributed by atoms with Crippen molar-refractivity contribution in [1.82, 2.24) is 14.9 Å². The minimum atomic E-state index is -3.10. The Morgan fingerprint density at radius 1 is 1.20 bits per heavy atom. The molecule has 1 aliphatic heterocycles. The molecule has 0 radical (unpaired) electrons. The molecule has 6 bridgehead atoms. The van der Waals surface area contributed by atoms with Gasteiger partial charge in [-0.2, -0.15) is 0 Å². The third-order valence-corrected chi connectivity index (χ3v) is 8.21. The highest BCUT2D eigenvalue weighted by Crippen LogP contribution is 2.29. The van der Waals surface area contributed by atoms with Crippen LogP contribution in [0, 0.1) is 0 Å². The first-order valence-electron chi connectivity index (χ1n) is 11.5. The Bertz CT molecular complexity index is 1270. The standard InChI is InChI=1S/C25H30N4O4S2/c1-3-35(30,31)15-14-33-23-8-6-20-16-19(23)17-29(2)12-4-5-13-32-18-21-7-9-24(34-21)22-10-11-26-25(27-20)28-22/h4-11,16H,3,12-15,17-18H2,1-2H3,(H,26,27,28). The number of sulfone groups is 1. The van der Waals surface area contributed by atoms with Gasteiger partial charge in [0.15, 0.2) is 9.84 Å². The van der Waals surface area contributed by atoms with Gasteiger partial charge in [-0.15, -0.1) is 11.3 Å². The van der Waals surface area contributed by atoms with Crippen LogP contribution in [0.4, 0.5) is 11.6 Å². The maximum absolute atomic E-state index is 11.9. The van der Waals surface area contributed by atoms with Crippen molar-refractivity contribution < 1.29 is 17.9 Å². The highest BCUT2D eigenvalue weighted by molar-refractivity contribution is 7.91. The number of ether oxygens (including phenoxy) is 2. The number of rotatable bonds is 5. The molecule has 186 valence electrons. The van der Waals surface area contributed by atoms with Gasteiger partial charge in [-0.3, -0.25) is 4.90 Å². The van der Waals surface area contributed by atoms with E-state index in [1.165, 1.54) is 0 Å². The highest BCUT2D eigenvalue weighted by atomic mass is 32.2. The number of aromatic nitrogens is 2. The third-order valence-electron chi connectivity index (χ3n) is 5.46. The molecule has 0 fully saturated rings. The summed E-state index contributed by atoms with van der Waals surface area (Å²) in [5.74, 6) is 1.26. The quantitative estimate of drug-likeness (QED) is 0.505. The second kappa shape index (κ2) is 11.8. The number of benzene rings is 1. The van der Waals surface area contributed by atoms with Crippen molar-refractivity contribution in [2.45, 2.75) is 20.1 Å². The van der Waals surface area contributed by atoms with Crippen LogP contribution in [0.3, 0.4) is 0 Å². The maximum Gasteiger partial charge on any atom is 0.227 e. The van der Waals surface area contributed by atoms with Gasteiger partial charge in [0, 0.05) is 41.2 Å². The number of nitrogens with one attached hydrogen (secondary N) is 1. The van der Waals surface area contributed by atoms with Gasteiger partial charge in [0.2, 0.25) is 5.95 Å². The maximum atomic E-state index is 11.9. The van der Waals surface area contributed by atoms with Crippen molar-refractivity contribution in [2.24, 2.45) is 0 Å². The van der Waals surface area contributed by atoms with Crippen molar-refractivity contribution in [3.8, 4) is 16.3 Å². The van der Waals surface area contributed by atoms with Gasteiger partial charge in [0.1, 0.15) is 12.4 Å². The van der Waals surface area contributed by atoms with Crippen molar-refractivity contribution >= 4 is 32.8 Å². The van der Waals surface area contributed by atoms with E-state index in [2.05, 4.69) is 38.4 Å². The molecular weight excluding hydrogens is 484 g/mol. The van der Waals surface area contributed by atoms with Gasteiger partial charge in [0.05, 0.1) is 29.5 Å². The molecule has 0 aliphatic carbocycles. The van der Waals surface area contributed by atoms with Crippen LogP contribution in [-0.4, -0.2) is 61.6 Å². The zero-order chi connectivity index (χ0) is 24.7. The van der Waals surface area contributed by atoms with E-state index in [1.807, 2.05) is 37.4 Å². The van der Waals surface area contributed by atoms with Crippen LogP contribution in [0.25, 0.3) is 10.6 Å². The van der Waals surface area contributed by atoms with E-state index >= 15 is 0 Å². The van der Waals surface area contributed by atoms with Crippen molar-refractivity contribution in [3.05, 3.63) is 65.2 Å². The fourth-order valence-electron chi connectivity index (χ4n) is 3.53. The van der Waals surface area contributed by atoms with Crippen LogP contribution < -0.4 is 10.1 Å². The number of hydrogen-bond acceptors (Lipinski definition) is 9. The van der Waals surface area contributed by atoms with Gasteiger partial charge >= 0.3 is 0 Å². The Hall–Kier alpha value is -2.79. The predicted molar refractivity (Wildman–Crippen MR) is 140 cm³/mol. The predicted octanol–water partition coefficient (Wildman–Crippen LogP) is 4.28. The molecule has 0 spiro atoms. The lowest BCUT2D eigenvalue weighted by Gasteiger charge is -2.19. The molecule has 0 unspecified atom stereocenters. The first kappa shape index (κ1) is 25.3. The van der Waals surface area contributed by atoms with Crippen LogP contribution in [-0.2, 0) is 27.7 Å². The number of fused-ring (bicyclic) bond motifs is 7. The Morgan fingerprint density at radius 2 is 2.09 bits per heavy atom. The molecule has 10 heteroatoms. The lowest BCUT2D eigenvalue weighted by Crippen LogP contribution is -2.20. The molecule has 2 aromatic heterocycles. The van der Waals surface area contributed by atoms with Crippen LogP contribution in [0.15, 0.2) is 54.7 Å². The SMILES string of the molecule is CCS(=O)(=O)CCOc1ccc2cc1CN(C)CC=CCOCc1ccc(s1)-c1ccnc(n1)N2. The molecule has 4 rings (SSSR count). The van der Waals surface area contributed by atoms with Crippen molar-refractivity contribution in [1.29, 1.82) is 0 Å². The summed E-state index contributed by atoms with van der Waals surface area (Å²) >= 11 is 1.66. The summed E-state index contributed by atoms with van der Waals surface area (Å²) in [5, 5.41) is 3.29. The van der Waals surface area contributed by atoms with E-state index in [0.717, 1.165) is 33.2 Å². The van der Waals surface area contributed by atoms with Crippen LogP contribution in [0.1, 0.15) is 17.4 Å². The monoisotopic (exact) mass is 514 g/mol. The number of likely N-dealkylation sites (N-methyl/N-ethyl adjacent to an activating group) is 1. The topological polar surface area (TPSA) is 93.7 Å². The molecule has 0 amide bonds. The number of thiophene rings is 1. The number of hydrogen-bond donors (Lipinski definition) is 1. The Kier molecular flexibility index (Phi) is 8.50.